The van der Waals surface area contributed by atoms with Crippen LogP contribution in [0, 0.1) is 6.92 Å². The third-order valence-electron chi connectivity index (χ3n) is 4.98. The number of alkyl halides is 3. The Kier molecular flexibility index (Phi) is 4.42. The van der Waals surface area contributed by atoms with Gasteiger partial charge in [-0.25, -0.2) is 4.79 Å². The van der Waals surface area contributed by atoms with Gasteiger partial charge in [0, 0.05) is 11.1 Å². The van der Waals surface area contributed by atoms with Crippen LogP contribution in [0.25, 0.3) is 10.9 Å². The van der Waals surface area contributed by atoms with E-state index in [9.17, 15) is 18.0 Å². The van der Waals surface area contributed by atoms with Crippen molar-refractivity contribution in [2.24, 2.45) is 0 Å². The fourth-order valence-electron chi connectivity index (χ4n) is 3.85. The van der Waals surface area contributed by atoms with Crippen LogP contribution in [0.2, 0.25) is 0 Å². The van der Waals surface area contributed by atoms with Crippen LogP contribution in [0.1, 0.15) is 35.4 Å². The van der Waals surface area contributed by atoms with Gasteiger partial charge in [0.25, 0.3) is 0 Å². The number of carbonyl (C=O) groups is 1. The summed E-state index contributed by atoms with van der Waals surface area (Å²) in [5, 5.41) is 3.59. The van der Waals surface area contributed by atoms with Gasteiger partial charge >= 0.3 is 12.2 Å². The number of carbonyl (C=O) groups excluding carboxylic acids is 1. The molecule has 146 valence electrons. The van der Waals surface area contributed by atoms with Gasteiger partial charge in [0.05, 0.1) is 29.5 Å². The monoisotopic (exact) mass is 388 g/mol. The smallest absolute Gasteiger partial charge is 0.372 e. The van der Waals surface area contributed by atoms with Crippen LogP contribution in [0.4, 0.5) is 23.7 Å². The van der Waals surface area contributed by atoms with Crippen molar-refractivity contribution in [1.82, 2.24) is 4.57 Å². The highest BCUT2D eigenvalue weighted by Gasteiger charge is 2.32. The van der Waals surface area contributed by atoms with Crippen molar-refractivity contribution in [2.75, 3.05) is 11.9 Å². The Morgan fingerprint density at radius 2 is 1.96 bits per heavy atom. The van der Waals surface area contributed by atoms with Gasteiger partial charge < -0.3 is 10.1 Å². The second-order valence-corrected chi connectivity index (χ2v) is 6.99. The molecule has 2 heterocycles. The van der Waals surface area contributed by atoms with Gasteiger partial charge in [-0.1, -0.05) is 18.2 Å². The fourth-order valence-corrected chi connectivity index (χ4v) is 3.85. The number of para-hydroxylation sites is 1. The van der Waals surface area contributed by atoms with Crippen molar-refractivity contribution in [3.8, 4) is 0 Å². The average Bonchev–Trinajstić information content (AvgIpc) is 2.96. The zero-order valence-electron chi connectivity index (χ0n) is 15.4. The molecule has 0 radical (unpaired) electrons. The molecule has 0 unspecified atom stereocenters. The van der Waals surface area contributed by atoms with Gasteiger partial charge in [-0.3, -0.25) is 4.57 Å². The number of aromatic nitrogens is 1. The minimum Gasteiger partial charge on any atom is -0.372 e. The van der Waals surface area contributed by atoms with E-state index in [1.54, 1.807) is 6.92 Å². The molecule has 4 rings (SSSR count). The molecular weight excluding hydrogens is 369 g/mol. The highest BCUT2D eigenvalue weighted by Crippen LogP contribution is 2.36. The van der Waals surface area contributed by atoms with Crippen molar-refractivity contribution < 1.29 is 22.7 Å². The van der Waals surface area contributed by atoms with E-state index in [2.05, 4.69) is 5.32 Å². The molecule has 0 saturated carbocycles. The molecule has 0 bridgehead atoms. The lowest BCUT2D eigenvalue weighted by molar-refractivity contribution is -0.137. The number of ether oxygens (including phenoxy) is 1. The molecule has 1 atom stereocenters. The van der Waals surface area contributed by atoms with Crippen LogP contribution in [0.3, 0.4) is 0 Å². The van der Waals surface area contributed by atoms with Gasteiger partial charge in [0.2, 0.25) is 0 Å². The maximum absolute atomic E-state index is 13.1. The molecule has 7 heteroatoms. The first-order chi connectivity index (χ1) is 13.3. The molecule has 1 aliphatic heterocycles. The van der Waals surface area contributed by atoms with Gasteiger partial charge in [-0.2, -0.15) is 13.2 Å². The topological polar surface area (TPSA) is 43.3 Å². The Morgan fingerprint density at radius 1 is 1.21 bits per heavy atom. The highest BCUT2D eigenvalue weighted by atomic mass is 19.4. The van der Waals surface area contributed by atoms with E-state index in [1.165, 1.54) is 10.6 Å². The molecule has 0 aliphatic carbocycles. The van der Waals surface area contributed by atoms with Crippen LogP contribution in [0.5, 0.6) is 0 Å². The maximum Gasteiger partial charge on any atom is 0.416 e. The van der Waals surface area contributed by atoms with E-state index in [0.29, 0.717) is 24.1 Å². The first kappa shape index (κ1) is 18.6. The van der Waals surface area contributed by atoms with Crippen molar-refractivity contribution in [1.29, 1.82) is 0 Å². The minimum atomic E-state index is -4.48. The van der Waals surface area contributed by atoms with Crippen molar-refractivity contribution >= 4 is 22.6 Å². The molecule has 1 amide bonds. The Morgan fingerprint density at radius 3 is 2.71 bits per heavy atom. The standard InChI is InChI=1S/C21H19F3N2O2/c1-12-9-14(21(22,23)24)11-15(10-12)25-20(27)26-18-6-4-3-5-16(18)17-7-8-28-13(2)19(17)26/h3-6,9-11,13H,7-8H2,1-2H3,(H,25,27)/t13-/m0/s1. The predicted molar refractivity (Wildman–Crippen MR) is 101 cm³/mol. The van der Waals surface area contributed by atoms with Crippen molar-refractivity contribution in [3.05, 3.63) is 64.8 Å². The second kappa shape index (κ2) is 6.67. The van der Waals surface area contributed by atoms with Gasteiger partial charge in [-0.15, -0.1) is 0 Å². The number of amides is 1. The number of hydrogen-bond donors (Lipinski definition) is 1. The number of anilines is 1. The quantitative estimate of drug-likeness (QED) is 0.583. The summed E-state index contributed by atoms with van der Waals surface area (Å²) in [5.41, 5.74) is 2.23. The first-order valence-corrected chi connectivity index (χ1v) is 9.00. The van der Waals surface area contributed by atoms with Crippen LogP contribution in [-0.2, 0) is 17.3 Å². The first-order valence-electron chi connectivity index (χ1n) is 9.00. The normalized spacial score (nSPS) is 16.8. The highest BCUT2D eigenvalue weighted by molar-refractivity contribution is 6.01. The van der Waals surface area contributed by atoms with Crippen LogP contribution in [0.15, 0.2) is 42.5 Å². The van der Waals surface area contributed by atoms with Crippen LogP contribution in [-0.4, -0.2) is 17.2 Å². The predicted octanol–water partition coefficient (Wildman–Crippen LogP) is 5.68. The molecule has 0 fully saturated rings. The summed E-state index contributed by atoms with van der Waals surface area (Å²) in [6, 6.07) is 10.5. The number of nitrogens with zero attached hydrogens (tertiary/aromatic N) is 1. The molecule has 0 saturated heterocycles. The molecular formula is C21H19F3N2O2. The van der Waals surface area contributed by atoms with E-state index in [1.807, 2.05) is 31.2 Å². The van der Waals surface area contributed by atoms with Gasteiger partial charge in [-0.05, 0) is 55.7 Å². The van der Waals surface area contributed by atoms with E-state index < -0.39 is 17.8 Å². The summed E-state index contributed by atoms with van der Waals surface area (Å²) < 4.78 is 46.6. The lowest BCUT2D eigenvalue weighted by Gasteiger charge is -2.22. The lowest BCUT2D eigenvalue weighted by atomic mass is 10.0. The fraction of sp³-hybridized carbons (Fsp3) is 0.286. The number of hydrogen-bond acceptors (Lipinski definition) is 2. The van der Waals surface area contributed by atoms with Crippen molar-refractivity contribution in [3.63, 3.8) is 0 Å². The number of rotatable bonds is 1. The Bertz CT molecular complexity index is 1070. The third kappa shape index (κ3) is 3.16. The van der Waals surface area contributed by atoms with E-state index in [0.717, 1.165) is 28.8 Å². The summed E-state index contributed by atoms with van der Waals surface area (Å²) in [4.78, 5) is 13.1. The average molecular weight is 388 g/mol. The summed E-state index contributed by atoms with van der Waals surface area (Å²) in [6.07, 6.45) is -4.08. The Hall–Kier alpha value is -2.80. The Labute approximate surface area is 159 Å². The molecule has 3 aromatic rings. The zero-order valence-corrected chi connectivity index (χ0v) is 15.4. The molecule has 28 heavy (non-hydrogen) atoms. The maximum atomic E-state index is 13.1. The van der Waals surface area contributed by atoms with E-state index in [-0.39, 0.29) is 11.8 Å². The Balaban J connectivity index is 1.79. The molecule has 4 nitrogen and oxygen atoms in total. The van der Waals surface area contributed by atoms with Crippen LogP contribution < -0.4 is 5.32 Å². The molecule has 0 spiro atoms. The zero-order chi connectivity index (χ0) is 20.1. The number of halogens is 3. The number of benzene rings is 2. The number of fused-ring (bicyclic) bond motifs is 3. The summed E-state index contributed by atoms with van der Waals surface area (Å²) in [6.45, 7) is 4.00. The molecule has 2 aromatic carbocycles. The summed E-state index contributed by atoms with van der Waals surface area (Å²) in [7, 11) is 0. The van der Waals surface area contributed by atoms with Crippen molar-refractivity contribution in [2.45, 2.75) is 32.5 Å². The summed E-state index contributed by atoms with van der Waals surface area (Å²) in [5.74, 6) is 0. The number of aryl methyl sites for hydroxylation is 1. The SMILES string of the molecule is Cc1cc(NC(=O)n2c3c(c4ccccc42)CCO[C@H]3C)cc(C(F)(F)F)c1. The van der Waals surface area contributed by atoms with E-state index in [4.69, 9.17) is 4.74 Å². The largest absolute Gasteiger partial charge is 0.416 e. The number of nitrogens with one attached hydrogen (secondary N) is 1. The van der Waals surface area contributed by atoms with Crippen LogP contribution >= 0.6 is 0 Å². The second-order valence-electron chi connectivity index (χ2n) is 6.99. The molecule has 1 N–H and O–H groups in total. The molecule has 1 aromatic heterocycles. The third-order valence-corrected chi connectivity index (χ3v) is 4.98. The molecule has 1 aliphatic rings. The van der Waals surface area contributed by atoms with Gasteiger partial charge in [0.15, 0.2) is 0 Å². The minimum absolute atomic E-state index is 0.105. The van der Waals surface area contributed by atoms with Gasteiger partial charge in [0.1, 0.15) is 0 Å². The van der Waals surface area contributed by atoms with E-state index >= 15 is 0 Å². The lowest BCUT2D eigenvalue weighted by Crippen LogP contribution is -2.25. The summed E-state index contributed by atoms with van der Waals surface area (Å²) >= 11 is 0.